The maximum Gasteiger partial charge on any atom is 0.412 e. The second kappa shape index (κ2) is 13.1. The Kier molecular flexibility index (Phi) is 9.61. The Bertz CT molecular complexity index is 1160. The maximum atomic E-state index is 13.1. The molecule has 0 radical (unpaired) electrons. The minimum atomic E-state index is -1.03. The molecule has 0 bridgehead atoms. The third kappa shape index (κ3) is 7.03. The molecule has 184 valence electrons. The lowest BCUT2D eigenvalue weighted by molar-refractivity contribution is -0.124. The fraction of sp³-hybridized carbons (Fsp3) is 0.231. The summed E-state index contributed by atoms with van der Waals surface area (Å²) in [4.78, 5) is 24.7. The predicted molar refractivity (Wildman–Crippen MR) is 130 cm³/mol. The topological polar surface area (TPSA) is 126 Å². The molecule has 3 aromatic rings. The normalized spacial score (nSPS) is 12.8. The van der Waals surface area contributed by atoms with Gasteiger partial charge in [0.15, 0.2) is 6.10 Å². The zero-order valence-electron chi connectivity index (χ0n) is 19.2. The summed E-state index contributed by atoms with van der Waals surface area (Å²) in [7, 11) is 0. The highest BCUT2D eigenvalue weighted by atomic mass is 16.6. The number of hydrogen-bond donors (Lipinski definition) is 4. The SMILES string of the molecule is CCO[C@@H](/C=C/C(=O)NO)[C@@H](OC(=O)Nc1cccc2ccccc12)c1ccccc1OCCO. The molecule has 0 aliphatic heterocycles. The maximum absolute atomic E-state index is 13.1. The molecule has 3 aromatic carbocycles. The quantitative estimate of drug-likeness (QED) is 0.186. The lowest BCUT2D eigenvalue weighted by Gasteiger charge is -2.27. The highest BCUT2D eigenvalue weighted by molar-refractivity contribution is 6.00. The Morgan fingerprint density at radius 2 is 1.77 bits per heavy atom. The fourth-order valence-corrected chi connectivity index (χ4v) is 3.56. The molecule has 9 heteroatoms. The minimum absolute atomic E-state index is 0.0357. The smallest absolute Gasteiger partial charge is 0.412 e. The molecule has 2 atom stereocenters. The van der Waals surface area contributed by atoms with Crippen LogP contribution in [-0.2, 0) is 14.3 Å². The number of aliphatic hydroxyl groups is 1. The van der Waals surface area contributed by atoms with Gasteiger partial charge in [-0.2, -0.15) is 0 Å². The third-order valence-corrected chi connectivity index (χ3v) is 5.04. The number of benzene rings is 3. The zero-order chi connectivity index (χ0) is 25.0. The summed E-state index contributed by atoms with van der Waals surface area (Å²) in [6, 6.07) is 20.0. The molecule has 0 unspecified atom stereocenters. The van der Waals surface area contributed by atoms with Crippen LogP contribution in [0.2, 0.25) is 0 Å². The summed E-state index contributed by atoms with van der Waals surface area (Å²) in [5.74, 6) is -0.382. The van der Waals surface area contributed by atoms with Gasteiger partial charge in [0.05, 0.1) is 12.3 Å². The third-order valence-electron chi connectivity index (χ3n) is 5.04. The van der Waals surface area contributed by atoms with Crippen LogP contribution in [0, 0.1) is 0 Å². The van der Waals surface area contributed by atoms with Crippen molar-refractivity contribution in [2.24, 2.45) is 0 Å². The number of para-hydroxylation sites is 1. The van der Waals surface area contributed by atoms with Crippen LogP contribution in [0.15, 0.2) is 78.9 Å². The van der Waals surface area contributed by atoms with Gasteiger partial charge in [0.1, 0.15) is 18.5 Å². The van der Waals surface area contributed by atoms with Crippen LogP contribution in [0.5, 0.6) is 5.75 Å². The van der Waals surface area contributed by atoms with Crippen LogP contribution in [0.25, 0.3) is 10.8 Å². The molecule has 0 heterocycles. The van der Waals surface area contributed by atoms with Gasteiger partial charge in [-0.05, 0) is 30.5 Å². The van der Waals surface area contributed by atoms with Crippen molar-refractivity contribution in [3.63, 3.8) is 0 Å². The molecule has 0 aromatic heterocycles. The van der Waals surface area contributed by atoms with Crippen LogP contribution in [-0.4, -0.2) is 48.2 Å². The monoisotopic (exact) mass is 480 g/mol. The van der Waals surface area contributed by atoms with Crippen molar-refractivity contribution in [2.75, 3.05) is 25.1 Å². The molecule has 35 heavy (non-hydrogen) atoms. The Morgan fingerprint density at radius 1 is 1.03 bits per heavy atom. The number of fused-ring (bicyclic) bond motifs is 1. The Morgan fingerprint density at radius 3 is 2.54 bits per heavy atom. The summed E-state index contributed by atoms with van der Waals surface area (Å²) in [6.07, 6.45) is -0.199. The number of anilines is 1. The van der Waals surface area contributed by atoms with Gasteiger partial charge in [0.25, 0.3) is 5.91 Å². The van der Waals surface area contributed by atoms with Gasteiger partial charge in [-0.1, -0.05) is 54.6 Å². The van der Waals surface area contributed by atoms with Crippen LogP contribution >= 0.6 is 0 Å². The summed E-state index contributed by atoms with van der Waals surface area (Å²) in [5, 5.41) is 22.6. The highest BCUT2D eigenvalue weighted by Gasteiger charge is 2.29. The first kappa shape index (κ1) is 25.7. The lowest BCUT2D eigenvalue weighted by atomic mass is 10.0. The van der Waals surface area contributed by atoms with E-state index in [9.17, 15) is 14.7 Å². The zero-order valence-corrected chi connectivity index (χ0v) is 19.2. The summed E-state index contributed by atoms with van der Waals surface area (Å²) in [6.45, 7) is 1.84. The van der Waals surface area contributed by atoms with Gasteiger partial charge >= 0.3 is 6.09 Å². The molecule has 0 saturated heterocycles. The number of carbonyl (C=O) groups is 2. The van der Waals surface area contributed by atoms with E-state index in [0.29, 0.717) is 17.0 Å². The van der Waals surface area contributed by atoms with Gasteiger partial charge < -0.3 is 19.3 Å². The number of aliphatic hydroxyl groups excluding tert-OH is 1. The van der Waals surface area contributed by atoms with Crippen LogP contribution < -0.4 is 15.5 Å². The van der Waals surface area contributed by atoms with Crippen molar-refractivity contribution < 1.29 is 34.1 Å². The molecule has 9 nitrogen and oxygen atoms in total. The van der Waals surface area contributed by atoms with Crippen LogP contribution in [0.1, 0.15) is 18.6 Å². The van der Waals surface area contributed by atoms with Crippen molar-refractivity contribution in [2.45, 2.75) is 19.1 Å². The molecule has 0 spiro atoms. The largest absolute Gasteiger partial charge is 0.491 e. The first-order chi connectivity index (χ1) is 17.1. The molecule has 0 aliphatic carbocycles. The Balaban J connectivity index is 1.95. The van der Waals surface area contributed by atoms with E-state index < -0.39 is 24.2 Å². The van der Waals surface area contributed by atoms with Gasteiger partial charge in [0.2, 0.25) is 0 Å². The molecule has 0 aliphatic rings. The predicted octanol–water partition coefficient (Wildman–Crippen LogP) is 3.97. The van der Waals surface area contributed by atoms with Gasteiger partial charge in [-0.15, -0.1) is 0 Å². The van der Waals surface area contributed by atoms with E-state index in [4.69, 9.17) is 19.4 Å². The number of rotatable bonds is 11. The number of carbonyl (C=O) groups excluding carboxylic acids is 2. The number of hydrogen-bond acceptors (Lipinski definition) is 7. The number of ether oxygens (including phenoxy) is 3. The van der Waals surface area contributed by atoms with E-state index in [2.05, 4.69) is 5.32 Å². The van der Waals surface area contributed by atoms with E-state index in [0.717, 1.165) is 16.8 Å². The van der Waals surface area contributed by atoms with E-state index in [1.54, 1.807) is 37.3 Å². The van der Waals surface area contributed by atoms with E-state index >= 15 is 0 Å². The highest BCUT2D eigenvalue weighted by Crippen LogP contribution is 2.33. The second-order valence-electron chi connectivity index (χ2n) is 7.34. The lowest BCUT2D eigenvalue weighted by Crippen LogP contribution is -2.29. The average molecular weight is 481 g/mol. The van der Waals surface area contributed by atoms with Crippen molar-refractivity contribution in [3.05, 3.63) is 84.4 Å². The first-order valence-electron chi connectivity index (χ1n) is 11.1. The van der Waals surface area contributed by atoms with Crippen LogP contribution in [0.4, 0.5) is 10.5 Å². The summed E-state index contributed by atoms with van der Waals surface area (Å²) >= 11 is 0. The second-order valence-corrected chi connectivity index (χ2v) is 7.34. The minimum Gasteiger partial charge on any atom is -0.491 e. The molecule has 0 fully saturated rings. The summed E-state index contributed by atoms with van der Waals surface area (Å²) in [5.41, 5.74) is 2.56. The van der Waals surface area contributed by atoms with E-state index in [1.165, 1.54) is 11.6 Å². The van der Waals surface area contributed by atoms with Crippen molar-refractivity contribution in [1.29, 1.82) is 0 Å². The average Bonchev–Trinajstić information content (AvgIpc) is 2.89. The molecule has 2 amide bonds. The molecule has 0 saturated carbocycles. The number of nitrogens with one attached hydrogen (secondary N) is 2. The van der Waals surface area contributed by atoms with Crippen molar-refractivity contribution in [3.8, 4) is 5.75 Å². The fourth-order valence-electron chi connectivity index (χ4n) is 3.56. The molecular formula is C26H28N2O7. The Labute approximate surface area is 202 Å². The summed E-state index contributed by atoms with van der Waals surface area (Å²) < 4.78 is 17.2. The van der Waals surface area contributed by atoms with Crippen LogP contribution in [0.3, 0.4) is 0 Å². The van der Waals surface area contributed by atoms with E-state index in [-0.39, 0.29) is 19.8 Å². The Hall–Kier alpha value is -3.92. The first-order valence-corrected chi connectivity index (χ1v) is 11.1. The van der Waals surface area contributed by atoms with Gasteiger partial charge in [-0.3, -0.25) is 15.3 Å². The number of hydroxylamine groups is 1. The van der Waals surface area contributed by atoms with Crippen molar-refractivity contribution in [1.82, 2.24) is 5.48 Å². The molecular weight excluding hydrogens is 452 g/mol. The van der Waals surface area contributed by atoms with E-state index in [1.807, 2.05) is 36.4 Å². The molecule has 3 rings (SSSR count). The van der Waals surface area contributed by atoms with Gasteiger partial charge in [0, 0.05) is 23.6 Å². The molecule has 4 N–H and O–H groups in total. The standard InChI is InChI=1S/C26H28N2O7/c1-2-33-23(14-15-24(30)28-32)25(20-11-5-6-13-22(20)34-17-16-29)35-26(31)27-21-12-7-9-18-8-3-4-10-19(18)21/h3-15,23,25,29,32H,2,16-17H2,1H3,(H,27,31)(H,28,30)/b15-14+/t23-,25-/m0/s1. The van der Waals surface area contributed by atoms with Crippen molar-refractivity contribution >= 4 is 28.5 Å². The number of amides is 2. The van der Waals surface area contributed by atoms with Gasteiger partial charge in [-0.25, -0.2) is 10.3 Å².